The van der Waals surface area contributed by atoms with E-state index in [1.54, 1.807) is 36.4 Å². The van der Waals surface area contributed by atoms with Gasteiger partial charge in [0.2, 0.25) is 0 Å². The molecule has 0 fully saturated rings. The van der Waals surface area contributed by atoms with Crippen molar-refractivity contribution in [2.24, 2.45) is 0 Å². The zero-order valence-electron chi connectivity index (χ0n) is 14.7. The molecule has 0 spiro atoms. The summed E-state index contributed by atoms with van der Waals surface area (Å²) in [7, 11) is 0. The van der Waals surface area contributed by atoms with Crippen molar-refractivity contribution < 1.29 is 14.3 Å². The molecule has 0 saturated heterocycles. The molecule has 27 heavy (non-hydrogen) atoms. The Bertz CT molecular complexity index is 1210. The molecule has 0 unspecified atom stereocenters. The monoisotopic (exact) mass is 355 g/mol. The van der Waals surface area contributed by atoms with Crippen LogP contribution in [0.15, 0.2) is 72.8 Å². The Kier molecular flexibility index (Phi) is 4.09. The van der Waals surface area contributed by atoms with E-state index in [1.807, 2.05) is 36.4 Å². The van der Waals surface area contributed by atoms with Crippen LogP contribution in [0.3, 0.4) is 0 Å². The molecule has 0 radical (unpaired) electrons. The van der Waals surface area contributed by atoms with Crippen molar-refractivity contribution in [2.75, 3.05) is 5.73 Å². The number of hydrogen-bond donors (Lipinski definition) is 1. The number of rotatable bonds is 3. The second kappa shape index (κ2) is 6.57. The van der Waals surface area contributed by atoms with Crippen molar-refractivity contribution in [3.05, 3.63) is 83.9 Å². The zero-order chi connectivity index (χ0) is 19.0. The second-order valence-electron chi connectivity index (χ2n) is 6.49. The number of esters is 1. The van der Waals surface area contributed by atoms with Crippen molar-refractivity contribution in [1.29, 1.82) is 0 Å². The summed E-state index contributed by atoms with van der Waals surface area (Å²) < 4.78 is 5.53. The van der Waals surface area contributed by atoms with Crippen LogP contribution in [0.2, 0.25) is 0 Å². The predicted molar refractivity (Wildman–Crippen MR) is 107 cm³/mol. The van der Waals surface area contributed by atoms with Crippen LogP contribution in [-0.4, -0.2) is 11.8 Å². The summed E-state index contributed by atoms with van der Waals surface area (Å²) in [5, 5.41) is 3.72. The standard InChI is InChI=1S/C23H17NO3/c1-14(25)15-2-3-19-13-22(9-7-17(19)10-15)27-23(26)20-5-4-18-12-21(24)8-6-16(18)11-20/h2-13H,24H2,1H3. The number of nitrogen functional groups attached to an aromatic ring is 1. The Balaban J connectivity index is 1.61. The molecule has 4 aromatic rings. The molecule has 0 aliphatic carbocycles. The molecule has 0 aliphatic heterocycles. The molecule has 0 atom stereocenters. The van der Waals surface area contributed by atoms with Gasteiger partial charge in [-0.3, -0.25) is 4.79 Å². The molecule has 0 amide bonds. The first-order valence-corrected chi connectivity index (χ1v) is 8.56. The van der Waals surface area contributed by atoms with Crippen LogP contribution in [-0.2, 0) is 0 Å². The number of anilines is 1. The average Bonchev–Trinajstić information content (AvgIpc) is 2.67. The van der Waals surface area contributed by atoms with Gasteiger partial charge in [0.15, 0.2) is 5.78 Å². The van der Waals surface area contributed by atoms with E-state index in [1.165, 1.54) is 6.92 Å². The molecular formula is C23H17NO3. The Hall–Kier alpha value is -3.66. The summed E-state index contributed by atoms with van der Waals surface area (Å²) in [6.07, 6.45) is 0. The summed E-state index contributed by atoms with van der Waals surface area (Å²) in [5.41, 5.74) is 7.60. The highest BCUT2D eigenvalue weighted by Gasteiger charge is 2.10. The number of carbonyl (C=O) groups is 2. The van der Waals surface area contributed by atoms with Gasteiger partial charge in [0.05, 0.1) is 5.56 Å². The van der Waals surface area contributed by atoms with Crippen molar-refractivity contribution >= 4 is 39.0 Å². The van der Waals surface area contributed by atoms with E-state index < -0.39 is 5.97 Å². The van der Waals surface area contributed by atoms with E-state index in [2.05, 4.69) is 0 Å². The Morgan fingerprint density at radius 2 is 1.26 bits per heavy atom. The lowest BCUT2D eigenvalue weighted by molar-refractivity contribution is 0.0735. The number of carbonyl (C=O) groups excluding carboxylic acids is 2. The first-order valence-electron chi connectivity index (χ1n) is 8.56. The van der Waals surface area contributed by atoms with Gasteiger partial charge >= 0.3 is 5.97 Å². The summed E-state index contributed by atoms with van der Waals surface area (Å²) >= 11 is 0. The number of nitrogens with two attached hydrogens (primary N) is 1. The lowest BCUT2D eigenvalue weighted by Crippen LogP contribution is -2.08. The average molecular weight is 355 g/mol. The quantitative estimate of drug-likeness (QED) is 0.243. The third-order valence-electron chi connectivity index (χ3n) is 4.53. The summed E-state index contributed by atoms with van der Waals surface area (Å²) in [4.78, 5) is 24.0. The molecule has 4 rings (SSSR count). The van der Waals surface area contributed by atoms with Gasteiger partial charge in [0, 0.05) is 11.3 Å². The van der Waals surface area contributed by atoms with E-state index in [-0.39, 0.29) is 5.78 Å². The van der Waals surface area contributed by atoms with E-state index in [9.17, 15) is 9.59 Å². The lowest BCUT2D eigenvalue weighted by atomic mass is 10.0. The van der Waals surface area contributed by atoms with Gasteiger partial charge in [0.25, 0.3) is 0 Å². The van der Waals surface area contributed by atoms with Crippen molar-refractivity contribution in [3.8, 4) is 5.75 Å². The number of Topliss-reactive ketones (excluding diaryl/α,β-unsaturated/α-hetero) is 1. The van der Waals surface area contributed by atoms with E-state index in [0.29, 0.717) is 22.6 Å². The van der Waals surface area contributed by atoms with Crippen molar-refractivity contribution in [3.63, 3.8) is 0 Å². The summed E-state index contributed by atoms with van der Waals surface area (Å²) in [6.45, 7) is 1.54. The Morgan fingerprint density at radius 1 is 0.704 bits per heavy atom. The minimum absolute atomic E-state index is 0.0189. The molecule has 0 heterocycles. The highest BCUT2D eigenvalue weighted by molar-refractivity contribution is 5.99. The smallest absolute Gasteiger partial charge is 0.343 e. The second-order valence-corrected chi connectivity index (χ2v) is 6.49. The maximum Gasteiger partial charge on any atom is 0.343 e. The van der Waals surface area contributed by atoms with Crippen LogP contribution in [0.25, 0.3) is 21.5 Å². The maximum atomic E-state index is 12.5. The third-order valence-corrected chi connectivity index (χ3v) is 4.53. The van der Waals surface area contributed by atoms with Crippen LogP contribution in [0.1, 0.15) is 27.6 Å². The minimum Gasteiger partial charge on any atom is -0.423 e. The molecule has 4 nitrogen and oxygen atoms in total. The highest BCUT2D eigenvalue weighted by atomic mass is 16.5. The Labute approximate surface area is 156 Å². The fraction of sp³-hybridized carbons (Fsp3) is 0.0435. The van der Waals surface area contributed by atoms with Gasteiger partial charge < -0.3 is 10.5 Å². The van der Waals surface area contributed by atoms with Crippen LogP contribution in [0.5, 0.6) is 5.75 Å². The van der Waals surface area contributed by atoms with Crippen LogP contribution >= 0.6 is 0 Å². The van der Waals surface area contributed by atoms with E-state index >= 15 is 0 Å². The third kappa shape index (κ3) is 3.37. The minimum atomic E-state index is -0.423. The van der Waals surface area contributed by atoms with Gasteiger partial charge in [-0.15, -0.1) is 0 Å². The molecule has 0 aliphatic rings. The van der Waals surface area contributed by atoms with Gasteiger partial charge in [-0.05, 0) is 70.9 Å². The SMILES string of the molecule is CC(=O)c1ccc2cc(OC(=O)c3ccc4cc(N)ccc4c3)ccc2c1. The number of hydrogen-bond acceptors (Lipinski definition) is 4. The molecule has 4 aromatic carbocycles. The lowest BCUT2D eigenvalue weighted by Gasteiger charge is -2.08. The van der Waals surface area contributed by atoms with Crippen LogP contribution in [0, 0.1) is 0 Å². The largest absolute Gasteiger partial charge is 0.423 e. The molecule has 0 saturated carbocycles. The van der Waals surface area contributed by atoms with Crippen LogP contribution in [0.4, 0.5) is 5.69 Å². The number of ketones is 1. The normalized spacial score (nSPS) is 10.9. The fourth-order valence-electron chi connectivity index (χ4n) is 3.06. The first-order chi connectivity index (χ1) is 13.0. The predicted octanol–water partition coefficient (Wildman–Crippen LogP) is 5.00. The van der Waals surface area contributed by atoms with Crippen LogP contribution < -0.4 is 10.5 Å². The van der Waals surface area contributed by atoms with Gasteiger partial charge in [-0.25, -0.2) is 4.79 Å². The molecule has 4 heteroatoms. The fourth-order valence-corrected chi connectivity index (χ4v) is 3.06. The number of ether oxygens (including phenoxy) is 1. The topological polar surface area (TPSA) is 69.4 Å². The highest BCUT2D eigenvalue weighted by Crippen LogP contribution is 2.24. The van der Waals surface area contributed by atoms with E-state index in [4.69, 9.17) is 10.5 Å². The zero-order valence-corrected chi connectivity index (χ0v) is 14.7. The van der Waals surface area contributed by atoms with Gasteiger partial charge in [-0.1, -0.05) is 30.3 Å². The molecular weight excluding hydrogens is 338 g/mol. The first kappa shape index (κ1) is 16.8. The van der Waals surface area contributed by atoms with E-state index in [0.717, 1.165) is 21.5 Å². The van der Waals surface area contributed by atoms with Crippen molar-refractivity contribution in [1.82, 2.24) is 0 Å². The molecule has 0 aromatic heterocycles. The summed E-state index contributed by atoms with van der Waals surface area (Å²) in [6, 6.07) is 21.7. The summed E-state index contributed by atoms with van der Waals surface area (Å²) in [5.74, 6) is 0.0550. The maximum absolute atomic E-state index is 12.5. The molecule has 2 N–H and O–H groups in total. The molecule has 0 bridgehead atoms. The number of benzene rings is 4. The number of fused-ring (bicyclic) bond motifs is 2. The van der Waals surface area contributed by atoms with Crippen molar-refractivity contribution in [2.45, 2.75) is 6.92 Å². The molecule has 132 valence electrons. The van der Waals surface area contributed by atoms with Gasteiger partial charge in [-0.2, -0.15) is 0 Å². The van der Waals surface area contributed by atoms with Gasteiger partial charge in [0.1, 0.15) is 5.75 Å². The Morgan fingerprint density at radius 3 is 2.00 bits per heavy atom.